The average molecular weight is 299 g/mol. The van der Waals surface area contributed by atoms with Gasteiger partial charge in [0.05, 0.1) is 11.4 Å². The molecule has 1 aromatic rings. The lowest BCUT2D eigenvalue weighted by atomic mass is 10.3. The molecule has 0 atom stereocenters. The Kier molecular flexibility index (Phi) is 4.62. The lowest BCUT2D eigenvalue weighted by Crippen LogP contribution is -2.34. The molecular formula is C13H21N3O3S. The average Bonchev–Trinajstić information content (AvgIpc) is 2.72. The van der Waals surface area contributed by atoms with E-state index in [9.17, 15) is 8.42 Å². The van der Waals surface area contributed by atoms with Crippen LogP contribution in [0.15, 0.2) is 17.0 Å². The Morgan fingerprint density at radius 3 is 2.70 bits per heavy atom. The quantitative estimate of drug-likeness (QED) is 0.817. The monoisotopic (exact) mass is 299 g/mol. The molecule has 20 heavy (non-hydrogen) atoms. The van der Waals surface area contributed by atoms with Crippen molar-refractivity contribution in [3.63, 3.8) is 0 Å². The van der Waals surface area contributed by atoms with E-state index < -0.39 is 10.0 Å². The standard InChI is InChI=1S/C13H21N3O3S/c1-11-13(12(2)16(14-11)9-6-10-17)20(18,19)15-7-4-3-5-8-15/h3-4,17H,5-10H2,1-2H3. The minimum Gasteiger partial charge on any atom is -0.396 e. The highest BCUT2D eigenvalue weighted by molar-refractivity contribution is 7.89. The second kappa shape index (κ2) is 6.07. The van der Waals surface area contributed by atoms with Crippen molar-refractivity contribution in [2.24, 2.45) is 0 Å². The molecule has 6 nitrogen and oxygen atoms in total. The van der Waals surface area contributed by atoms with Gasteiger partial charge in [0.1, 0.15) is 4.90 Å². The first-order valence-corrected chi connectivity index (χ1v) is 8.22. The van der Waals surface area contributed by atoms with E-state index in [2.05, 4.69) is 5.10 Å². The Hall–Kier alpha value is -1.18. The first-order chi connectivity index (χ1) is 9.48. The molecule has 0 amide bonds. The molecule has 1 aromatic heterocycles. The topological polar surface area (TPSA) is 75.4 Å². The molecule has 0 aliphatic carbocycles. The first-order valence-electron chi connectivity index (χ1n) is 6.78. The minimum atomic E-state index is -3.49. The smallest absolute Gasteiger partial charge is 0.247 e. The molecule has 2 rings (SSSR count). The zero-order valence-corrected chi connectivity index (χ0v) is 12.7. The van der Waals surface area contributed by atoms with Crippen LogP contribution in [0.4, 0.5) is 0 Å². The van der Waals surface area contributed by atoms with Gasteiger partial charge >= 0.3 is 0 Å². The Labute approximate surface area is 119 Å². The zero-order valence-electron chi connectivity index (χ0n) is 11.9. The predicted molar refractivity (Wildman–Crippen MR) is 75.9 cm³/mol. The molecule has 1 aliphatic heterocycles. The summed E-state index contributed by atoms with van der Waals surface area (Å²) in [5.74, 6) is 0. The molecular weight excluding hydrogens is 278 g/mol. The lowest BCUT2D eigenvalue weighted by Gasteiger charge is -2.22. The summed E-state index contributed by atoms with van der Waals surface area (Å²) in [4.78, 5) is 0.311. The van der Waals surface area contributed by atoms with Crippen molar-refractivity contribution >= 4 is 10.0 Å². The number of nitrogens with zero attached hydrogens (tertiary/aromatic N) is 3. The summed E-state index contributed by atoms with van der Waals surface area (Å²) in [6, 6.07) is 0. The van der Waals surface area contributed by atoms with Gasteiger partial charge in [0.15, 0.2) is 0 Å². The molecule has 1 aliphatic rings. The van der Waals surface area contributed by atoms with Crippen LogP contribution < -0.4 is 0 Å². The van der Waals surface area contributed by atoms with Crippen LogP contribution in [0.1, 0.15) is 24.2 Å². The summed E-state index contributed by atoms with van der Waals surface area (Å²) in [6.07, 6.45) is 5.18. The van der Waals surface area contributed by atoms with Crippen molar-refractivity contribution in [2.45, 2.75) is 38.1 Å². The van der Waals surface area contributed by atoms with Crippen molar-refractivity contribution in [1.82, 2.24) is 14.1 Å². The van der Waals surface area contributed by atoms with Crippen molar-refractivity contribution in [2.75, 3.05) is 19.7 Å². The number of hydrogen-bond acceptors (Lipinski definition) is 4. The number of aromatic nitrogens is 2. The summed E-state index contributed by atoms with van der Waals surface area (Å²) >= 11 is 0. The fraction of sp³-hybridized carbons (Fsp3) is 0.615. The molecule has 0 saturated heterocycles. The summed E-state index contributed by atoms with van der Waals surface area (Å²) in [6.45, 7) is 5.01. The van der Waals surface area contributed by atoms with Crippen LogP contribution in [0.2, 0.25) is 0 Å². The maximum absolute atomic E-state index is 12.7. The van der Waals surface area contributed by atoms with E-state index in [0.29, 0.717) is 42.3 Å². The summed E-state index contributed by atoms with van der Waals surface area (Å²) in [5, 5.41) is 13.2. The van der Waals surface area contributed by atoms with Gasteiger partial charge in [-0.3, -0.25) is 4.68 Å². The molecule has 0 radical (unpaired) electrons. The van der Waals surface area contributed by atoms with Gasteiger partial charge in [0.2, 0.25) is 10.0 Å². The number of aliphatic hydroxyl groups is 1. The number of hydrogen-bond donors (Lipinski definition) is 1. The third-order valence-corrected chi connectivity index (χ3v) is 5.58. The van der Waals surface area contributed by atoms with E-state index in [-0.39, 0.29) is 6.61 Å². The Morgan fingerprint density at radius 2 is 2.10 bits per heavy atom. The molecule has 0 fully saturated rings. The van der Waals surface area contributed by atoms with E-state index in [1.807, 2.05) is 12.2 Å². The number of sulfonamides is 1. The van der Waals surface area contributed by atoms with Crippen LogP contribution >= 0.6 is 0 Å². The van der Waals surface area contributed by atoms with Gasteiger partial charge in [-0.2, -0.15) is 9.40 Å². The van der Waals surface area contributed by atoms with Gasteiger partial charge in [-0.05, 0) is 26.7 Å². The SMILES string of the molecule is Cc1nn(CCCO)c(C)c1S(=O)(=O)N1CC=CCC1. The van der Waals surface area contributed by atoms with Gasteiger partial charge in [-0.1, -0.05) is 12.2 Å². The predicted octanol–water partition coefficient (Wildman–Crippen LogP) is 0.833. The highest BCUT2D eigenvalue weighted by Gasteiger charge is 2.30. The zero-order chi connectivity index (χ0) is 14.8. The van der Waals surface area contributed by atoms with E-state index in [4.69, 9.17) is 5.11 Å². The Balaban J connectivity index is 2.36. The van der Waals surface area contributed by atoms with Crippen LogP contribution in [-0.2, 0) is 16.6 Å². The van der Waals surface area contributed by atoms with Crippen LogP contribution in [0.5, 0.6) is 0 Å². The lowest BCUT2D eigenvalue weighted by molar-refractivity contribution is 0.276. The molecule has 0 unspecified atom stereocenters. The van der Waals surface area contributed by atoms with Crippen molar-refractivity contribution in [3.8, 4) is 0 Å². The number of rotatable bonds is 5. The second-order valence-electron chi connectivity index (χ2n) is 4.92. The maximum atomic E-state index is 12.7. The number of aryl methyl sites for hydroxylation is 2. The third-order valence-electron chi connectivity index (χ3n) is 3.46. The van der Waals surface area contributed by atoms with Gasteiger partial charge in [0.25, 0.3) is 0 Å². The van der Waals surface area contributed by atoms with Gasteiger partial charge in [-0.15, -0.1) is 0 Å². The largest absolute Gasteiger partial charge is 0.396 e. The maximum Gasteiger partial charge on any atom is 0.247 e. The minimum absolute atomic E-state index is 0.0668. The highest BCUT2D eigenvalue weighted by Crippen LogP contribution is 2.24. The van der Waals surface area contributed by atoms with Gasteiger partial charge < -0.3 is 5.11 Å². The van der Waals surface area contributed by atoms with Crippen LogP contribution in [-0.4, -0.2) is 47.3 Å². The van der Waals surface area contributed by atoms with Crippen LogP contribution in [0, 0.1) is 13.8 Å². The summed E-state index contributed by atoms with van der Waals surface area (Å²) < 4.78 is 28.6. The van der Waals surface area contributed by atoms with Crippen molar-refractivity contribution in [1.29, 1.82) is 0 Å². The van der Waals surface area contributed by atoms with E-state index in [0.717, 1.165) is 6.42 Å². The van der Waals surface area contributed by atoms with E-state index in [1.54, 1.807) is 18.5 Å². The van der Waals surface area contributed by atoms with E-state index in [1.165, 1.54) is 4.31 Å². The van der Waals surface area contributed by atoms with Crippen LogP contribution in [0.25, 0.3) is 0 Å². The van der Waals surface area contributed by atoms with Crippen LogP contribution in [0.3, 0.4) is 0 Å². The fourth-order valence-corrected chi connectivity index (χ4v) is 4.24. The van der Waals surface area contributed by atoms with Gasteiger partial charge in [-0.25, -0.2) is 8.42 Å². The highest BCUT2D eigenvalue weighted by atomic mass is 32.2. The van der Waals surface area contributed by atoms with Gasteiger partial charge in [0, 0.05) is 26.2 Å². The molecule has 2 heterocycles. The van der Waals surface area contributed by atoms with Crippen molar-refractivity contribution < 1.29 is 13.5 Å². The van der Waals surface area contributed by atoms with E-state index >= 15 is 0 Å². The Morgan fingerprint density at radius 1 is 1.35 bits per heavy atom. The molecule has 1 N–H and O–H groups in total. The number of aliphatic hydroxyl groups excluding tert-OH is 1. The molecule has 0 spiro atoms. The van der Waals surface area contributed by atoms with Crippen molar-refractivity contribution in [3.05, 3.63) is 23.5 Å². The normalized spacial score (nSPS) is 16.8. The Bertz CT molecular complexity index is 605. The summed E-state index contributed by atoms with van der Waals surface area (Å²) in [7, 11) is -3.49. The first kappa shape index (κ1) is 15.2. The molecule has 7 heteroatoms. The summed E-state index contributed by atoms with van der Waals surface area (Å²) in [5.41, 5.74) is 1.17. The molecule has 0 saturated carbocycles. The second-order valence-corrected chi connectivity index (χ2v) is 6.80. The molecule has 112 valence electrons. The molecule has 0 bridgehead atoms. The molecule has 0 aromatic carbocycles. The third kappa shape index (κ3) is 2.79. The fourth-order valence-electron chi connectivity index (χ4n) is 2.46.